The van der Waals surface area contributed by atoms with Crippen LogP contribution in [-0.2, 0) is 11.3 Å². The highest BCUT2D eigenvalue weighted by molar-refractivity contribution is 14.0. The smallest absolute Gasteiger partial charge is 0.407 e. The molecule has 0 aliphatic rings. The molecule has 1 rings (SSSR count). The zero-order valence-electron chi connectivity index (χ0n) is 16.1. The lowest BCUT2D eigenvalue weighted by molar-refractivity contribution is -0.384. The van der Waals surface area contributed by atoms with Crippen LogP contribution in [0.5, 0.6) is 0 Å². The minimum absolute atomic E-state index is 0. The number of rotatable bonds is 7. The minimum Gasteiger partial charge on any atom is -0.444 e. The van der Waals surface area contributed by atoms with E-state index < -0.39 is 16.6 Å². The fourth-order valence-electron chi connectivity index (χ4n) is 1.94. The third-order valence-electron chi connectivity index (χ3n) is 3.14. The van der Waals surface area contributed by atoms with Crippen molar-refractivity contribution in [3.63, 3.8) is 0 Å². The number of hydrogen-bond donors (Lipinski definition) is 3. The summed E-state index contributed by atoms with van der Waals surface area (Å²) in [5, 5.41) is 19.6. The first kappa shape index (κ1) is 24.9. The van der Waals surface area contributed by atoms with E-state index in [0.29, 0.717) is 32.0 Å². The van der Waals surface area contributed by atoms with Gasteiger partial charge in [-0.2, -0.15) is 0 Å². The van der Waals surface area contributed by atoms with Crippen LogP contribution < -0.4 is 16.0 Å². The number of aliphatic imine (C=N–C) groups is 1. The van der Waals surface area contributed by atoms with Crippen molar-refractivity contribution in [2.45, 2.75) is 39.3 Å². The van der Waals surface area contributed by atoms with Gasteiger partial charge in [0.05, 0.1) is 4.92 Å². The molecule has 1 aromatic carbocycles. The third-order valence-corrected chi connectivity index (χ3v) is 3.14. The van der Waals surface area contributed by atoms with Crippen LogP contribution in [-0.4, -0.2) is 42.7 Å². The van der Waals surface area contributed by atoms with Gasteiger partial charge < -0.3 is 20.7 Å². The molecule has 0 spiro atoms. The van der Waals surface area contributed by atoms with Gasteiger partial charge in [-0.1, -0.05) is 12.1 Å². The molecule has 0 heterocycles. The van der Waals surface area contributed by atoms with E-state index in [1.165, 1.54) is 12.1 Å². The molecule has 1 amide bonds. The average molecular weight is 493 g/mol. The van der Waals surface area contributed by atoms with Crippen LogP contribution in [0.1, 0.15) is 32.8 Å². The van der Waals surface area contributed by atoms with Gasteiger partial charge in [0.1, 0.15) is 5.60 Å². The van der Waals surface area contributed by atoms with Crippen molar-refractivity contribution in [3.8, 4) is 0 Å². The molecule has 27 heavy (non-hydrogen) atoms. The number of nitrogens with one attached hydrogen (secondary N) is 3. The Hall–Kier alpha value is -2.11. The number of benzene rings is 1. The number of alkyl carbamates (subject to hydrolysis) is 1. The van der Waals surface area contributed by atoms with E-state index in [2.05, 4.69) is 20.9 Å². The molecule has 0 aliphatic heterocycles. The van der Waals surface area contributed by atoms with Crippen molar-refractivity contribution in [1.29, 1.82) is 0 Å². The Balaban J connectivity index is 0.00000676. The van der Waals surface area contributed by atoms with Crippen molar-refractivity contribution < 1.29 is 14.5 Å². The number of non-ortho nitro benzene ring substituents is 1. The molecular formula is C17H28IN5O4. The number of amides is 1. The Bertz CT molecular complexity index is 629. The summed E-state index contributed by atoms with van der Waals surface area (Å²) in [6, 6.07) is 6.33. The normalized spacial score (nSPS) is 11.2. The second-order valence-electron chi connectivity index (χ2n) is 6.56. The first-order valence-electron chi connectivity index (χ1n) is 8.36. The average Bonchev–Trinajstić information content (AvgIpc) is 2.56. The summed E-state index contributed by atoms with van der Waals surface area (Å²) in [6.45, 7) is 7.04. The number of guanidine groups is 1. The molecule has 0 radical (unpaired) electrons. The van der Waals surface area contributed by atoms with Crippen molar-refractivity contribution in [2.75, 3.05) is 20.1 Å². The lowest BCUT2D eigenvalue weighted by atomic mass is 10.2. The van der Waals surface area contributed by atoms with E-state index >= 15 is 0 Å². The summed E-state index contributed by atoms with van der Waals surface area (Å²) < 4.78 is 5.15. The van der Waals surface area contributed by atoms with E-state index in [1.54, 1.807) is 19.2 Å². The molecular weight excluding hydrogens is 465 g/mol. The molecule has 0 aliphatic carbocycles. The lowest BCUT2D eigenvalue weighted by Crippen LogP contribution is -2.39. The number of nitro benzene ring substituents is 1. The summed E-state index contributed by atoms with van der Waals surface area (Å²) >= 11 is 0. The SMILES string of the molecule is CN=C(NCCCNC(=O)OC(C)(C)C)NCc1ccc([N+](=O)[O-])cc1.I. The van der Waals surface area contributed by atoms with Crippen LogP contribution >= 0.6 is 24.0 Å². The topological polar surface area (TPSA) is 118 Å². The van der Waals surface area contributed by atoms with Crippen molar-refractivity contribution in [2.24, 2.45) is 4.99 Å². The number of hydrogen-bond acceptors (Lipinski definition) is 5. The molecule has 0 atom stereocenters. The Morgan fingerprint density at radius 3 is 2.26 bits per heavy atom. The quantitative estimate of drug-likeness (QED) is 0.134. The maximum atomic E-state index is 11.5. The van der Waals surface area contributed by atoms with Crippen LogP contribution in [0.3, 0.4) is 0 Å². The zero-order chi connectivity index (χ0) is 19.6. The Labute approximate surface area is 176 Å². The van der Waals surface area contributed by atoms with Crippen molar-refractivity contribution in [3.05, 3.63) is 39.9 Å². The number of carbonyl (C=O) groups excluding carboxylic acids is 1. The number of ether oxygens (including phenoxy) is 1. The van der Waals surface area contributed by atoms with Gasteiger partial charge in [0, 0.05) is 38.8 Å². The molecule has 9 nitrogen and oxygen atoms in total. The third kappa shape index (κ3) is 11.3. The van der Waals surface area contributed by atoms with E-state index in [1.807, 2.05) is 20.8 Å². The minimum atomic E-state index is -0.508. The predicted octanol–water partition coefficient (Wildman–Crippen LogP) is 2.79. The first-order valence-corrected chi connectivity index (χ1v) is 8.36. The van der Waals surface area contributed by atoms with Gasteiger partial charge in [0.15, 0.2) is 5.96 Å². The predicted molar refractivity (Wildman–Crippen MR) is 116 cm³/mol. The van der Waals surface area contributed by atoms with Crippen LogP contribution in [0, 0.1) is 10.1 Å². The van der Waals surface area contributed by atoms with E-state index in [0.717, 1.165) is 5.56 Å². The monoisotopic (exact) mass is 493 g/mol. The number of halogens is 1. The second-order valence-corrected chi connectivity index (χ2v) is 6.56. The molecule has 0 aromatic heterocycles. The number of nitrogens with zero attached hydrogens (tertiary/aromatic N) is 2. The number of nitro groups is 1. The molecule has 152 valence electrons. The zero-order valence-corrected chi connectivity index (χ0v) is 18.4. The van der Waals surface area contributed by atoms with Gasteiger partial charge in [-0.25, -0.2) is 4.79 Å². The highest BCUT2D eigenvalue weighted by Gasteiger charge is 2.15. The summed E-state index contributed by atoms with van der Waals surface area (Å²) in [5.41, 5.74) is 0.463. The maximum absolute atomic E-state index is 11.5. The van der Waals surface area contributed by atoms with Gasteiger partial charge >= 0.3 is 6.09 Å². The van der Waals surface area contributed by atoms with Gasteiger partial charge in [-0.15, -0.1) is 24.0 Å². The molecule has 0 unspecified atom stereocenters. The maximum Gasteiger partial charge on any atom is 0.407 e. The largest absolute Gasteiger partial charge is 0.444 e. The summed E-state index contributed by atoms with van der Waals surface area (Å²) in [6.07, 6.45) is 0.274. The molecule has 0 bridgehead atoms. The Morgan fingerprint density at radius 2 is 1.74 bits per heavy atom. The van der Waals surface area contributed by atoms with Gasteiger partial charge in [0.2, 0.25) is 0 Å². The Morgan fingerprint density at radius 1 is 1.15 bits per heavy atom. The van der Waals surface area contributed by atoms with E-state index in [9.17, 15) is 14.9 Å². The van der Waals surface area contributed by atoms with Crippen molar-refractivity contribution in [1.82, 2.24) is 16.0 Å². The second kappa shape index (κ2) is 12.3. The highest BCUT2D eigenvalue weighted by Crippen LogP contribution is 2.11. The molecule has 3 N–H and O–H groups in total. The fraction of sp³-hybridized carbons (Fsp3) is 0.529. The van der Waals surface area contributed by atoms with Gasteiger partial charge in [0.25, 0.3) is 5.69 Å². The van der Waals surface area contributed by atoms with Gasteiger partial charge in [-0.05, 0) is 32.8 Å². The Kier molecular flexibility index (Phi) is 11.3. The summed E-state index contributed by atoms with van der Waals surface area (Å²) in [7, 11) is 1.66. The molecule has 0 saturated heterocycles. The van der Waals surface area contributed by atoms with Crippen molar-refractivity contribution >= 4 is 41.7 Å². The molecule has 10 heteroatoms. The van der Waals surface area contributed by atoms with Gasteiger partial charge in [-0.3, -0.25) is 15.1 Å². The summed E-state index contributed by atoms with van der Waals surface area (Å²) in [5.74, 6) is 0.612. The first-order chi connectivity index (χ1) is 12.2. The highest BCUT2D eigenvalue weighted by atomic mass is 127. The summed E-state index contributed by atoms with van der Waals surface area (Å²) in [4.78, 5) is 25.8. The standard InChI is InChI=1S/C17H27N5O4.HI/c1-17(2,3)26-16(23)20-11-5-10-19-15(18-4)21-12-13-6-8-14(9-7-13)22(24)25;/h6-9H,5,10-12H2,1-4H3,(H,20,23)(H2,18,19,21);1H. The molecule has 0 saturated carbocycles. The van der Waals surface area contributed by atoms with Crippen LogP contribution in [0.2, 0.25) is 0 Å². The van der Waals surface area contributed by atoms with E-state index in [4.69, 9.17) is 4.74 Å². The van der Waals surface area contributed by atoms with Crippen LogP contribution in [0.4, 0.5) is 10.5 Å². The number of carbonyl (C=O) groups is 1. The fourth-order valence-corrected chi connectivity index (χ4v) is 1.94. The van der Waals surface area contributed by atoms with Crippen LogP contribution in [0.15, 0.2) is 29.3 Å². The van der Waals surface area contributed by atoms with E-state index in [-0.39, 0.29) is 29.7 Å². The van der Waals surface area contributed by atoms with Crippen LogP contribution in [0.25, 0.3) is 0 Å². The molecule has 1 aromatic rings. The lowest BCUT2D eigenvalue weighted by Gasteiger charge is -2.19. The molecule has 0 fully saturated rings.